The van der Waals surface area contributed by atoms with E-state index in [1.54, 1.807) is 36.4 Å². The van der Waals surface area contributed by atoms with Crippen LogP contribution in [0.25, 0.3) is 0 Å². The van der Waals surface area contributed by atoms with Gasteiger partial charge in [-0.1, -0.05) is 42.5 Å². The number of carbonyl (C=O) groups excluding carboxylic acids is 2. The number of nitrogens with zero attached hydrogens (tertiary/aromatic N) is 2. The molecule has 0 saturated carbocycles. The minimum atomic E-state index is -0.526. The Hall–Kier alpha value is -3.91. The maximum absolute atomic E-state index is 13.7. The molecule has 1 aliphatic heterocycles. The van der Waals surface area contributed by atoms with E-state index in [9.17, 15) is 14.0 Å². The van der Waals surface area contributed by atoms with Crippen molar-refractivity contribution in [1.82, 2.24) is 10.2 Å². The normalized spacial score (nSPS) is 13.8. The van der Waals surface area contributed by atoms with Crippen LogP contribution in [0.4, 0.5) is 15.8 Å². The third-order valence-corrected chi connectivity index (χ3v) is 5.85. The van der Waals surface area contributed by atoms with Gasteiger partial charge in [-0.05, 0) is 36.4 Å². The van der Waals surface area contributed by atoms with Gasteiger partial charge >= 0.3 is 0 Å². The van der Waals surface area contributed by atoms with E-state index in [0.717, 1.165) is 32.7 Å². The zero-order chi connectivity index (χ0) is 24.5. The highest BCUT2D eigenvalue weighted by Gasteiger charge is 2.18. The molecule has 4 rings (SSSR count). The number of rotatable bonds is 9. The molecule has 0 unspecified atom stereocenters. The molecular formula is C27H29FN4O3. The SMILES string of the molecule is O=C(COc1ccccc1C(=O)NCCN1CCN(c2ccccc2)CC1)Nc1ccccc1F. The molecule has 1 fully saturated rings. The van der Waals surface area contributed by atoms with Crippen molar-refractivity contribution in [2.45, 2.75) is 0 Å². The van der Waals surface area contributed by atoms with E-state index in [4.69, 9.17) is 4.74 Å². The molecular weight excluding hydrogens is 447 g/mol. The summed E-state index contributed by atoms with van der Waals surface area (Å²) >= 11 is 0. The lowest BCUT2D eigenvalue weighted by atomic mass is 10.2. The predicted molar refractivity (Wildman–Crippen MR) is 134 cm³/mol. The molecule has 0 aliphatic carbocycles. The number of amides is 2. The second-order valence-corrected chi connectivity index (χ2v) is 8.23. The van der Waals surface area contributed by atoms with Crippen molar-refractivity contribution in [3.63, 3.8) is 0 Å². The second kappa shape index (κ2) is 12.0. The summed E-state index contributed by atoms with van der Waals surface area (Å²) in [6, 6.07) is 23.0. The molecule has 0 atom stereocenters. The lowest BCUT2D eigenvalue weighted by Gasteiger charge is -2.36. The summed E-state index contributed by atoms with van der Waals surface area (Å²) in [5, 5.41) is 5.40. The largest absolute Gasteiger partial charge is 0.483 e. The number of halogens is 1. The van der Waals surface area contributed by atoms with E-state index in [1.165, 1.54) is 17.8 Å². The molecule has 0 radical (unpaired) electrons. The van der Waals surface area contributed by atoms with Gasteiger partial charge < -0.3 is 20.3 Å². The first-order valence-electron chi connectivity index (χ1n) is 11.7. The summed E-state index contributed by atoms with van der Waals surface area (Å²) in [5.41, 5.74) is 1.66. The molecule has 1 heterocycles. The summed E-state index contributed by atoms with van der Waals surface area (Å²) in [4.78, 5) is 29.6. The first kappa shape index (κ1) is 24.2. The van der Waals surface area contributed by atoms with Crippen LogP contribution in [-0.4, -0.2) is 62.6 Å². The summed E-state index contributed by atoms with van der Waals surface area (Å²) in [6.07, 6.45) is 0. The van der Waals surface area contributed by atoms with Gasteiger partial charge in [-0.3, -0.25) is 14.5 Å². The Morgan fingerprint density at radius 3 is 2.31 bits per heavy atom. The average Bonchev–Trinajstić information content (AvgIpc) is 2.90. The summed E-state index contributed by atoms with van der Waals surface area (Å²) < 4.78 is 19.3. The van der Waals surface area contributed by atoms with Crippen molar-refractivity contribution >= 4 is 23.2 Å². The van der Waals surface area contributed by atoms with Gasteiger partial charge in [-0.15, -0.1) is 0 Å². The lowest BCUT2D eigenvalue weighted by Crippen LogP contribution is -2.48. The van der Waals surface area contributed by atoms with Crippen LogP contribution in [-0.2, 0) is 4.79 Å². The van der Waals surface area contributed by atoms with Crippen LogP contribution >= 0.6 is 0 Å². The summed E-state index contributed by atoms with van der Waals surface area (Å²) in [7, 11) is 0. The smallest absolute Gasteiger partial charge is 0.262 e. The van der Waals surface area contributed by atoms with Gasteiger partial charge in [-0.2, -0.15) is 0 Å². The molecule has 3 aromatic carbocycles. The van der Waals surface area contributed by atoms with Crippen molar-refractivity contribution in [1.29, 1.82) is 0 Å². The third-order valence-electron chi connectivity index (χ3n) is 5.85. The fourth-order valence-corrected chi connectivity index (χ4v) is 3.96. The summed E-state index contributed by atoms with van der Waals surface area (Å²) in [5.74, 6) is -1.01. The van der Waals surface area contributed by atoms with Crippen LogP contribution in [0.2, 0.25) is 0 Å². The zero-order valence-electron chi connectivity index (χ0n) is 19.5. The Morgan fingerprint density at radius 2 is 1.54 bits per heavy atom. The van der Waals surface area contributed by atoms with Gasteiger partial charge in [-0.25, -0.2) is 4.39 Å². The van der Waals surface area contributed by atoms with Gasteiger partial charge in [0.05, 0.1) is 11.3 Å². The highest BCUT2D eigenvalue weighted by molar-refractivity contribution is 5.97. The molecule has 0 spiro atoms. The van der Waals surface area contributed by atoms with Crippen LogP contribution in [0.15, 0.2) is 78.9 Å². The monoisotopic (exact) mass is 476 g/mol. The minimum absolute atomic E-state index is 0.0803. The minimum Gasteiger partial charge on any atom is -0.483 e. The van der Waals surface area contributed by atoms with Crippen LogP contribution in [0, 0.1) is 5.82 Å². The number of anilines is 2. The fourth-order valence-electron chi connectivity index (χ4n) is 3.96. The molecule has 7 nitrogen and oxygen atoms in total. The van der Waals surface area contributed by atoms with E-state index in [0.29, 0.717) is 17.9 Å². The third kappa shape index (κ3) is 6.80. The fraction of sp³-hybridized carbons (Fsp3) is 0.259. The molecule has 1 aliphatic rings. The quantitative estimate of drug-likeness (QED) is 0.495. The number of hydrogen-bond donors (Lipinski definition) is 2. The Labute approximate surface area is 204 Å². The molecule has 0 aromatic heterocycles. The Kier molecular flexibility index (Phi) is 8.30. The molecule has 3 aromatic rings. The van der Waals surface area contributed by atoms with Gasteiger partial charge in [0.15, 0.2) is 6.61 Å². The number of hydrogen-bond acceptors (Lipinski definition) is 5. The molecule has 0 bridgehead atoms. The van der Waals surface area contributed by atoms with Crippen molar-refractivity contribution in [3.05, 3.63) is 90.2 Å². The number of benzene rings is 3. The zero-order valence-corrected chi connectivity index (χ0v) is 19.5. The van der Waals surface area contributed by atoms with E-state index in [-0.39, 0.29) is 18.2 Å². The van der Waals surface area contributed by atoms with Crippen molar-refractivity contribution in [2.75, 3.05) is 56.1 Å². The van der Waals surface area contributed by atoms with E-state index < -0.39 is 11.7 Å². The van der Waals surface area contributed by atoms with Gasteiger partial charge in [0.2, 0.25) is 0 Å². The number of piperazine rings is 1. The molecule has 35 heavy (non-hydrogen) atoms. The lowest BCUT2D eigenvalue weighted by molar-refractivity contribution is -0.118. The molecule has 2 amide bonds. The van der Waals surface area contributed by atoms with E-state index >= 15 is 0 Å². The topological polar surface area (TPSA) is 73.9 Å². The second-order valence-electron chi connectivity index (χ2n) is 8.23. The van der Waals surface area contributed by atoms with Crippen molar-refractivity contribution in [3.8, 4) is 5.75 Å². The standard InChI is InChI=1S/C27H29FN4O3/c28-23-11-5-6-12-24(23)30-26(33)20-35-25-13-7-4-10-22(25)27(34)29-14-15-31-16-18-32(19-17-31)21-8-2-1-3-9-21/h1-13H,14-20H2,(H,29,34)(H,30,33). The van der Waals surface area contributed by atoms with Gasteiger partial charge in [0.25, 0.3) is 11.8 Å². The van der Waals surface area contributed by atoms with Crippen molar-refractivity contribution in [2.24, 2.45) is 0 Å². The maximum atomic E-state index is 13.7. The Balaban J connectivity index is 1.22. The Morgan fingerprint density at radius 1 is 0.857 bits per heavy atom. The number of para-hydroxylation sites is 3. The van der Waals surface area contributed by atoms with Gasteiger partial charge in [0, 0.05) is 45.0 Å². The highest BCUT2D eigenvalue weighted by atomic mass is 19.1. The first-order chi connectivity index (χ1) is 17.1. The van der Waals surface area contributed by atoms with Crippen LogP contribution in [0.1, 0.15) is 10.4 Å². The maximum Gasteiger partial charge on any atom is 0.262 e. The van der Waals surface area contributed by atoms with Crippen molar-refractivity contribution < 1.29 is 18.7 Å². The van der Waals surface area contributed by atoms with Crippen LogP contribution in [0.3, 0.4) is 0 Å². The highest BCUT2D eigenvalue weighted by Crippen LogP contribution is 2.19. The predicted octanol–water partition coefficient (Wildman–Crippen LogP) is 3.40. The van der Waals surface area contributed by atoms with Crippen LogP contribution in [0.5, 0.6) is 5.75 Å². The average molecular weight is 477 g/mol. The summed E-state index contributed by atoms with van der Waals surface area (Å²) in [6.45, 7) is 4.68. The number of ether oxygens (including phenoxy) is 1. The van der Waals surface area contributed by atoms with E-state index in [2.05, 4.69) is 32.6 Å². The molecule has 8 heteroatoms. The number of carbonyl (C=O) groups is 2. The molecule has 1 saturated heterocycles. The van der Waals surface area contributed by atoms with Crippen LogP contribution < -0.4 is 20.3 Å². The molecule has 182 valence electrons. The van der Waals surface area contributed by atoms with Gasteiger partial charge in [0.1, 0.15) is 11.6 Å². The molecule has 2 N–H and O–H groups in total. The number of nitrogens with one attached hydrogen (secondary N) is 2. The first-order valence-corrected chi connectivity index (χ1v) is 11.7. The van der Waals surface area contributed by atoms with E-state index in [1.807, 2.05) is 18.2 Å². The Bertz CT molecular complexity index is 1130.